The summed E-state index contributed by atoms with van der Waals surface area (Å²) in [6.45, 7) is 2.22. The van der Waals surface area contributed by atoms with E-state index in [0.29, 0.717) is 24.9 Å². The van der Waals surface area contributed by atoms with Gasteiger partial charge in [-0.05, 0) is 19.3 Å². The molecule has 112 valence electrons. The highest BCUT2D eigenvalue weighted by molar-refractivity contribution is 7.89. The number of nitrogens with two attached hydrogens (primary N) is 2. The number of hydrogen-bond donors (Lipinski definition) is 3. The van der Waals surface area contributed by atoms with Gasteiger partial charge in [-0.25, -0.2) is 13.6 Å². The Morgan fingerprint density at radius 1 is 1.20 bits per heavy atom. The monoisotopic (exact) mass is 301 g/mol. The van der Waals surface area contributed by atoms with Gasteiger partial charge >= 0.3 is 0 Å². The lowest BCUT2D eigenvalue weighted by atomic mass is 10.4. The van der Waals surface area contributed by atoms with Crippen LogP contribution in [-0.4, -0.2) is 48.8 Å². The third kappa shape index (κ3) is 4.46. The van der Waals surface area contributed by atoms with Gasteiger partial charge in [0.1, 0.15) is 0 Å². The van der Waals surface area contributed by atoms with Gasteiger partial charge in [-0.1, -0.05) is 0 Å². The second kappa shape index (κ2) is 6.18. The molecule has 0 radical (unpaired) electrons. The maximum Gasteiger partial charge on any atom is 0.231 e. The first kappa shape index (κ1) is 14.7. The Morgan fingerprint density at radius 2 is 1.90 bits per heavy atom. The Balaban J connectivity index is 1.94. The predicted molar refractivity (Wildman–Crippen MR) is 76.8 cm³/mol. The minimum atomic E-state index is -3.43. The molecule has 1 aliphatic heterocycles. The van der Waals surface area contributed by atoms with Gasteiger partial charge in [0.05, 0.1) is 5.75 Å². The summed E-state index contributed by atoms with van der Waals surface area (Å²) in [5.41, 5.74) is 5.66. The fourth-order valence-electron chi connectivity index (χ4n) is 1.99. The first-order chi connectivity index (χ1) is 9.44. The van der Waals surface area contributed by atoms with Crippen LogP contribution in [0.5, 0.6) is 0 Å². The van der Waals surface area contributed by atoms with Crippen LogP contribution in [0.4, 0.5) is 17.8 Å². The molecule has 0 aliphatic carbocycles. The molecule has 0 bridgehead atoms. The summed E-state index contributed by atoms with van der Waals surface area (Å²) in [7, 11) is -3.43. The molecular weight excluding hydrogens is 282 g/mol. The molecule has 1 fully saturated rings. The van der Waals surface area contributed by atoms with Crippen LogP contribution in [0.15, 0.2) is 0 Å². The number of nitrogens with zero attached hydrogens (tertiary/aromatic N) is 4. The first-order valence-electron chi connectivity index (χ1n) is 6.45. The maximum atomic E-state index is 10.8. The minimum Gasteiger partial charge on any atom is -0.368 e. The average Bonchev–Trinajstić information content (AvgIpc) is 2.86. The second-order valence-electron chi connectivity index (χ2n) is 4.66. The Kier molecular flexibility index (Phi) is 4.55. The lowest BCUT2D eigenvalue weighted by molar-refractivity contribution is 0.595. The van der Waals surface area contributed by atoms with Gasteiger partial charge in [0.2, 0.25) is 27.9 Å². The maximum absolute atomic E-state index is 10.8. The normalized spacial score (nSPS) is 15.6. The highest BCUT2D eigenvalue weighted by atomic mass is 32.2. The molecule has 9 nitrogen and oxygen atoms in total. The molecule has 2 heterocycles. The van der Waals surface area contributed by atoms with Crippen molar-refractivity contribution in [2.24, 2.45) is 5.14 Å². The number of primary sulfonamides is 1. The zero-order chi connectivity index (χ0) is 14.6. The van der Waals surface area contributed by atoms with E-state index in [1.165, 1.54) is 0 Å². The van der Waals surface area contributed by atoms with Gasteiger partial charge < -0.3 is 16.0 Å². The molecule has 0 atom stereocenters. The summed E-state index contributed by atoms with van der Waals surface area (Å²) >= 11 is 0. The molecule has 2 rings (SSSR count). The van der Waals surface area contributed by atoms with E-state index in [-0.39, 0.29) is 11.7 Å². The van der Waals surface area contributed by atoms with Crippen LogP contribution >= 0.6 is 0 Å². The Hall–Kier alpha value is -1.68. The average molecular weight is 301 g/mol. The smallest absolute Gasteiger partial charge is 0.231 e. The van der Waals surface area contributed by atoms with E-state index in [1.54, 1.807) is 0 Å². The Labute approximate surface area is 117 Å². The van der Waals surface area contributed by atoms with Gasteiger partial charge in [0, 0.05) is 19.6 Å². The van der Waals surface area contributed by atoms with Gasteiger partial charge in [-0.15, -0.1) is 0 Å². The molecule has 1 aromatic rings. The van der Waals surface area contributed by atoms with E-state index in [0.717, 1.165) is 25.9 Å². The van der Waals surface area contributed by atoms with Gasteiger partial charge in [0.25, 0.3) is 0 Å². The molecule has 0 amide bonds. The standard InChI is InChI=1S/C10H19N7O2S/c11-8-14-9(13-4-3-7-20(12,18)19)16-10(15-8)17-5-1-2-6-17/h1-7H2,(H2,12,18,19)(H3,11,13,14,15,16). The van der Waals surface area contributed by atoms with Crippen LogP contribution in [0.1, 0.15) is 19.3 Å². The molecule has 10 heteroatoms. The molecule has 0 aromatic carbocycles. The summed E-state index contributed by atoms with van der Waals surface area (Å²) in [5, 5.41) is 7.86. The molecule has 0 unspecified atom stereocenters. The van der Waals surface area contributed by atoms with Crippen molar-refractivity contribution >= 4 is 27.9 Å². The largest absolute Gasteiger partial charge is 0.368 e. The molecule has 1 aromatic heterocycles. The van der Waals surface area contributed by atoms with E-state index in [2.05, 4.69) is 20.3 Å². The molecule has 5 N–H and O–H groups in total. The van der Waals surface area contributed by atoms with E-state index < -0.39 is 10.0 Å². The highest BCUT2D eigenvalue weighted by Gasteiger charge is 2.16. The molecule has 1 aliphatic rings. The van der Waals surface area contributed by atoms with E-state index >= 15 is 0 Å². The lowest BCUT2D eigenvalue weighted by Gasteiger charge is -2.15. The van der Waals surface area contributed by atoms with Crippen LogP contribution in [-0.2, 0) is 10.0 Å². The van der Waals surface area contributed by atoms with Crippen molar-refractivity contribution in [3.05, 3.63) is 0 Å². The predicted octanol–water partition coefficient (Wildman–Crippen LogP) is -0.855. The number of hydrogen-bond acceptors (Lipinski definition) is 8. The van der Waals surface area contributed by atoms with Crippen molar-refractivity contribution in [2.45, 2.75) is 19.3 Å². The number of aromatic nitrogens is 3. The number of rotatable bonds is 6. The molecule has 1 saturated heterocycles. The third-order valence-corrected chi connectivity index (χ3v) is 3.78. The van der Waals surface area contributed by atoms with Crippen molar-refractivity contribution in [2.75, 3.05) is 41.3 Å². The van der Waals surface area contributed by atoms with Crippen LogP contribution < -0.4 is 21.1 Å². The van der Waals surface area contributed by atoms with Gasteiger partial charge in [-0.2, -0.15) is 15.0 Å². The number of nitrogen functional groups attached to an aromatic ring is 1. The van der Waals surface area contributed by atoms with Crippen molar-refractivity contribution in [3.8, 4) is 0 Å². The van der Waals surface area contributed by atoms with Crippen molar-refractivity contribution in [1.29, 1.82) is 0 Å². The quantitative estimate of drug-likeness (QED) is 0.577. The van der Waals surface area contributed by atoms with Gasteiger partial charge in [0.15, 0.2) is 0 Å². The number of anilines is 3. The van der Waals surface area contributed by atoms with Crippen LogP contribution in [0, 0.1) is 0 Å². The lowest BCUT2D eigenvalue weighted by Crippen LogP contribution is -2.23. The first-order valence-corrected chi connectivity index (χ1v) is 8.16. The second-order valence-corrected chi connectivity index (χ2v) is 6.39. The zero-order valence-electron chi connectivity index (χ0n) is 11.1. The summed E-state index contributed by atoms with van der Waals surface area (Å²) in [6, 6.07) is 0. The fourth-order valence-corrected chi connectivity index (χ4v) is 2.54. The van der Waals surface area contributed by atoms with Crippen molar-refractivity contribution in [1.82, 2.24) is 15.0 Å². The number of nitrogens with one attached hydrogen (secondary N) is 1. The molecular formula is C10H19N7O2S. The highest BCUT2D eigenvalue weighted by Crippen LogP contribution is 2.17. The van der Waals surface area contributed by atoms with Crippen molar-refractivity contribution < 1.29 is 8.42 Å². The van der Waals surface area contributed by atoms with E-state index in [9.17, 15) is 8.42 Å². The summed E-state index contributed by atoms with van der Waals surface area (Å²) in [4.78, 5) is 14.4. The Morgan fingerprint density at radius 3 is 2.55 bits per heavy atom. The zero-order valence-corrected chi connectivity index (χ0v) is 11.9. The van der Waals surface area contributed by atoms with E-state index in [1.807, 2.05) is 4.90 Å². The van der Waals surface area contributed by atoms with Crippen LogP contribution in [0.25, 0.3) is 0 Å². The summed E-state index contributed by atoms with van der Waals surface area (Å²) < 4.78 is 21.6. The Bertz CT molecular complexity index is 557. The summed E-state index contributed by atoms with van der Waals surface area (Å²) in [6.07, 6.45) is 2.61. The third-order valence-electron chi connectivity index (χ3n) is 2.92. The van der Waals surface area contributed by atoms with Crippen LogP contribution in [0.2, 0.25) is 0 Å². The minimum absolute atomic E-state index is 0.0838. The van der Waals surface area contributed by atoms with E-state index in [4.69, 9.17) is 10.9 Å². The van der Waals surface area contributed by atoms with Crippen molar-refractivity contribution in [3.63, 3.8) is 0 Å². The molecule has 0 spiro atoms. The number of sulfonamides is 1. The fraction of sp³-hybridized carbons (Fsp3) is 0.700. The molecule has 0 saturated carbocycles. The summed E-state index contributed by atoms with van der Waals surface area (Å²) in [5.74, 6) is 0.980. The topological polar surface area (TPSA) is 140 Å². The molecule has 20 heavy (non-hydrogen) atoms. The van der Waals surface area contributed by atoms with Crippen LogP contribution in [0.3, 0.4) is 0 Å². The SMILES string of the molecule is Nc1nc(NCCCS(N)(=O)=O)nc(N2CCCC2)n1. The van der Waals surface area contributed by atoms with Gasteiger partial charge in [-0.3, -0.25) is 0 Å².